The Bertz CT molecular complexity index is 1090. The second-order valence-electron chi connectivity index (χ2n) is 9.86. The average Bonchev–Trinajstić information content (AvgIpc) is 3.05. The lowest BCUT2D eigenvalue weighted by Crippen LogP contribution is -2.43. The first-order valence-electron chi connectivity index (χ1n) is 11.9. The maximum absolute atomic E-state index is 13.8. The molecule has 0 unspecified atom stereocenters. The molecular weight excluding hydrogens is 410 g/mol. The van der Waals surface area contributed by atoms with Crippen LogP contribution in [0.15, 0.2) is 48.2 Å². The molecule has 0 aliphatic carbocycles. The molecule has 0 aromatic heterocycles. The van der Waals surface area contributed by atoms with Gasteiger partial charge in [-0.05, 0) is 87.1 Å². The van der Waals surface area contributed by atoms with Gasteiger partial charge in [-0.3, -0.25) is 9.59 Å². The van der Waals surface area contributed by atoms with Crippen LogP contribution in [-0.4, -0.2) is 54.8 Å². The number of likely N-dealkylation sites (N-methyl/N-ethyl adjacent to an activating group) is 1. The number of likely N-dealkylation sites (tertiary alicyclic amines) is 1. The number of anilines is 1. The van der Waals surface area contributed by atoms with Gasteiger partial charge in [-0.15, -0.1) is 0 Å². The van der Waals surface area contributed by atoms with Gasteiger partial charge >= 0.3 is 0 Å². The Hall–Kier alpha value is -2.92. The molecule has 2 aliphatic rings. The van der Waals surface area contributed by atoms with Crippen LogP contribution >= 0.6 is 0 Å². The Morgan fingerprint density at radius 2 is 1.55 bits per heavy atom. The molecule has 33 heavy (non-hydrogen) atoms. The van der Waals surface area contributed by atoms with Crippen molar-refractivity contribution in [2.45, 2.75) is 52.5 Å². The van der Waals surface area contributed by atoms with Crippen LogP contribution in [0.1, 0.15) is 54.9 Å². The van der Waals surface area contributed by atoms with Crippen LogP contribution < -0.4 is 4.90 Å². The number of hydrogen-bond donors (Lipinski definition) is 0. The number of piperidine rings is 1. The summed E-state index contributed by atoms with van der Waals surface area (Å²) in [6.45, 7) is 10.4. The van der Waals surface area contributed by atoms with Crippen molar-refractivity contribution in [3.8, 4) is 0 Å². The van der Waals surface area contributed by atoms with Crippen molar-refractivity contribution in [2.24, 2.45) is 0 Å². The SMILES string of the molecule is Cc1ccc(C2=C(N(C)C3CCN(C)CC3)C(=O)N(c3ccc(C(C)C)cc3)C2=O)cc1C. The molecule has 2 aliphatic heterocycles. The van der Waals surface area contributed by atoms with Crippen molar-refractivity contribution in [2.75, 3.05) is 32.1 Å². The first-order chi connectivity index (χ1) is 15.7. The number of hydrogen-bond acceptors (Lipinski definition) is 4. The number of benzene rings is 2. The number of imide groups is 1. The number of rotatable bonds is 5. The van der Waals surface area contributed by atoms with Crippen LogP contribution in [0.2, 0.25) is 0 Å². The number of nitrogens with zero attached hydrogens (tertiary/aromatic N) is 3. The van der Waals surface area contributed by atoms with Gasteiger partial charge in [-0.1, -0.05) is 44.2 Å². The van der Waals surface area contributed by atoms with E-state index in [2.05, 4.69) is 37.6 Å². The minimum Gasteiger partial charge on any atom is -0.366 e. The lowest BCUT2D eigenvalue weighted by atomic mass is 9.97. The van der Waals surface area contributed by atoms with Gasteiger partial charge in [-0.25, -0.2) is 4.90 Å². The Morgan fingerprint density at radius 1 is 0.909 bits per heavy atom. The second-order valence-corrected chi connectivity index (χ2v) is 9.86. The van der Waals surface area contributed by atoms with Crippen LogP contribution in [0.3, 0.4) is 0 Å². The van der Waals surface area contributed by atoms with Crippen molar-refractivity contribution in [1.82, 2.24) is 9.80 Å². The second kappa shape index (κ2) is 9.14. The summed E-state index contributed by atoms with van der Waals surface area (Å²) in [6.07, 6.45) is 1.95. The molecule has 5 heteroatoms. The van der Waals surface area contributed by atoms with E-state index >= 15 is 0 Å². The maximum atomic E-state index is 13.8. The number of amides is 2. The molecular formula is C28H35N3O2. The lowest BCUT2D eigenvalue weighted by molar-refractivity contribution is -0.120. The third kappa shape index (κ3) is 4.34. The molecule has 1 fully saturated rings. The van der Waals surface area contributed by atoms with E-state index in [1.807, 2.05) is 56.4 Å². The Labute approximate surface area is 197 Å². The summed E-state index contributed by atoms with van der Waals surface area (Å²) in [6, 6.07) is 14.1. The molecule has 2 aromatic rings. The highest BCUT2D eigenvalue weighted by Gasteiger charge is 2.43. The molecule has 2 heterocycles. The van der Waals surface area contributed by atoms with Crippen molar-refractivity contribution < 1.29 is 9.59 Å². The molecule has 4 rings (SSSR count). The Kier molecular flexibility index (Phi) is 6.44. The highest BCUT2D eigenvalue weighted by Crippen LogP contribution is 2.37. The molecule has 0 atom stereocenters. The predicted octanol–water partition coefficient (Wildman–Crippen LogP) is 4.74. The van der Waals surface area contributed by atoms with Gasteiger partial charge in [0.1, 0.15) is 5.70 Å². The molecule has 1 saturated heterocycles. The smallest absolute Gasteiger partial charge is 0.282 e. The summed E-state index contributed by atoms with van der Waals surface area (Å²) >= 11 is 0. The van der Waals surface area contributed by atoms with Crippen LogP contribution in [0.25, 0.3) is 5.57 Å². The fourth-order valence-corrected chi connectivity index (χ4v) is 4.81. The van der Waals surface area contributed by atoms with E-state index in [0.29, 0.717) is 22.9 Å². The predicted molar refractivity (Wildman–Crippen MR) is 134 cm³/mol. The van der Waals surface area contributed by atoms with E-state index in [1.165, 1.54) is 16.0 Å². The first-order valence-corrected chi connectivity index (χ1v) is 11.9. The molecule has 5 nitrogen and oxygen atoms in total. The largest absolute Gasteiger partial charge is 0.366 e. The summed E-state index contributed by atoms with van der Waals surface area (Å²) in [5.74, 6) is -0.0818. The van der Waals surface area contributed by atoms with Gasteiger partial charge in [0, 0.05) is 13.1 Å². The molecule has 2 aromatic carbocycles. The molecule has 0 N–H and O–H groups in total. The molecule has 174 valence electrons. The fourth-order valence-electron chi connectivity index (χ4n) is 4.81. The quantitative estimate of drug-likeness (QED) is 0.624. The average molecular weight is 446 g/mol. The molecule has 0 radical (unpaired) electrons. The minimum absolute atomic E-state index is 0.230. The van der Waals surface area contributed by atoms with E-state index in [0.717, 1.165) is 37.1 Å². The fraction of sp³-hybridized carbons (Fsp3) is 0.429. The van der Waals surface area contributed by atoms with Crippen molar-refractivity contribution in [1.29, 1.82) is 0 Å². The van der Waals surface area contributed by atoms with Crippen molar-refractivity contribution in [3.63, 3.8) is 0 Å². The highest BCUT2D eigenvalue weighted by atomic mass is 16.2. The van der Waals surface area contributed by atoms with Gasteiger partial charge in [0.05, 0.1) is 11.3 Å². The van der Waals surface area contributed by atoms with E-state index < -0.39 is 0 Å². The third-order valence-corrected chi connectivity index (χ3v) is 7.26. The Morgan fingerprint density at radius 3 is 2.12 bits per heavy atom. The van der Waals surface area contributed by atoms with Gasteiger partial charge in [-0.2, -0.15) is 0 Å². The first kappa shape index (κ1) is 23.2. The standard InChI is InChI=1S/C28H35N3O2/c1-18(2)21-9-11-24(12-10-21)31-27(32)25(22-8-7-19(3)20(4)17-22)26(28(31)33)30(6)23-13-15-29(5)16-14-23/h7-12,17-18,23H,13-16H2,1-6H3. The van der Waals surface area contributed by atoms with Crippen LogP contribution in [-0.2, 0) is 9.59 Å². The van der Waals surface area contributed by atoms with E-state index in [4.69, 9.17) is 0 Å². The topological polar surface area (TPSA) is 43.9 Å². The zero-order valence-electron chi connectivity index (χ0n) is 20.7. The molecule has 0 bridgehead atoms. The van der Waals surface area contributed by atoms with Crippen LogP contribution in [0, 0.1) is 13.8 Å². The lowest BCUT2D eigenvalue weighted by Gasteiger charge is -2.36. The van der Waals surface area contributed by atoms with E-state index in [9.17, 15) is 9.59 Å². The van der Waals surface area contributed by atoms with Crippen LogP contribution in [0.4, 0.5) is 5.69 Å². The maximum Gasteiger partial charge on any atom is 0.282 e. The number of aryl methyl sites for hydroxylation is 2. The highest BCUT2D eigenvalue weighted by molar-refractivity contribution is 6.45. The minimum atomic E-state index is -0.240. The molecule has 2 amide bonds. The van der Waals surface area contributed by atoms with Crippen molar-refractivity contribution in [3.05, 3.63) is 70.4 Å². The summed E-state index contributed by atoms with van der Waals surface area (Å²) < 4.78 is 0. The monoisotopic (exact) mass is 445 g/mol. The summed E-state index contributed by atoms with van der Waals surface area (Å²) in [4.78, 5) is 33.3. The summed E-state index contributed by atoms with van der Waals surface area (Å²) in [5, 5.41) is 0. The third-order valence-electron chi connectivity index (χ3n) is 7.26. The van der Waals surface area contributed by atoms with Gasteiger partial charge in [0.2, 0.25) is 0 Å². The van der Waals surface area contributed by atoms with E-state index in [1.54, 1.807) is 0 Å². The summed E-state index contributed by atoms with van der Waals surface area (Å²) in [5.41, 5.74) is 5.94. The molecule has 0 spiro atoms. The number of carbonyl (C=O) groups is 2. The Balaban J connectivity index is 1.78. The van der Waals surface area contributed by atoms with Crippen LogP contribution in [0.5, 0.6) is 0 Å². The van der Waals surface area contributed by atoms with Gasteiger partial charge in [0.25, 0.3) is 11.8 Å². The zero-order chi connectivity index (χ0) is 23.9. The van der Waals surface area contributed by atoms with Gasteiger partial charge in [0.15, 0.2) is 0 Å². The number of carbonyl (C=O) groups excluding carboxylic acids is 2. The summed E-state index contributed by atoms with van der Waals surface area (Å²) in [7, 11) is 4.10. The molecule has 0 saturated carbocycles. The van der Waals surface area contributed by atoms with Gasteiger partial charge < -0.3 is 9.80 Å². The normalized spacial score (nSPS) is 18.1. The van der Waals surface area contributed by atoms with Crippen molar-refractivity contribution >= 4 is 23.1 Å². The van der Waals surface area contributed by atoms with E-state index in [-0.39, 0.29) is 17.9 Å². The zero-order valence-corrected chi connectivity index (χ0v) is 20.7.